The maximum absolute atomic E-state index is 11.4. The molecule has 0 saturated carbocycles. The van der Waals surface area contributed by atoms with E-state index in [0.29, 0.717) is 5.56 Å². The predicted octanol–water partition coefficient (Wildman–Crippen LogP) is 1.74. The fourth-order valence-corrected chi connectivity index (χ4v) is 1.02. The molecule has 0 saturated heterocycles. The molecular formula is C11H12O3. The highest BCUT2D eigenvalue weighted by Gasteiger charge is 2.16. The number of esters is 1. The first-order valence-corrected chi connectivity index (χ1v) is 4.43. The van der Waals surface area contributed by atoms with Crippen LogP contribution in [0.25, 0.3) is 0 Å². The molecular weight excluding hydrogens is 180 g/mol. The molecule has 0 radical (unpaired) electrons. The van der Waals surface area contributed by atoms with Gasteiger partial charge in [0.25, 0.3) is 5.78 Å². The molecule has 0 heterocycles. The minimum absolute atomic E-state index is 0.219. The summed E-state index contributed by atoms with van der Waals surface area (Å²) in [5.74, 6) is -1.39. The normalized spacial score (nSPS) is 9.57. The van der Waals surface area contributed by atoms with E-state index >= 15 is 0 Å². The van der Waals surface area contributed by atoms with Gasteiger partial charge in [0.15, 0.2) is 0 Å². The SMILES string of the molecule is CCOC(=O)C(=O)c1ccc(C)cc1. The van der Waals surface area contributed by atoms with E-state index in [9.17, 15) is 9.59 Å². The molecule has 1 aromatic carbocycles. The molecule has 0 N–H and O–H groups in total. The Balaban J connectivity index is 2.79. The van der Waals surface area contributed by atoms with Crippen LogP contribution in [0.15, 0.2) is 24.3 Å². The lowest BCUT2D eigenvalue weighted by molar-refractivity contribution is -0.137. The number of carbonyl (C=O) groups excluding carboxylic acids is 2. The number of ketones is 1. The smallest absolute Gasteiger partial charge is 0.379 e. The number of rotatable bonds is 3. The second kappa shape index (κ2) is 4.56. The van der Waals surface area contributed by atoms with Crippen molar-refractivity contribution in [3.8, 4) is 0 Å². The van der Waals surface area contributed by atoms with Crippen molar-refractivity contribution in [2.24, 2.45) is 0 Å². The fourth-order valence-electron chi connectivity index (χ4n) is 1.02. The number of hydrogen-bond donors (Lipinski definition) is 0. The standard InChI is InChI=1S/C11H12O3/c1-3-14-11(13)10(12)9-6-4-8(2)5-7-9/h4-7H,3H2,1-2H3. The van der Waals surface area contributed by atoms with Gasteiger partial charge in [-0.15, -0.1) is 0 Å². The van der Waals surface area contributed by atoms with E-state index in [2.05, 4.69) is 4.74 Å². The molecule has 14 heavy (non-hydrogen) atoms. The first-order chi connectivity index (χ1) is 6.65. The highest BCUT2D eigenvalue weighted by Crippen LogP contribution is 2.04. The number of aryl methyl sites for hydroxylation is 1. The van der Waals surface area contributed by atoms with Crippen molar-refractivity contribution < 1.29 is 14.3 Å². The topological polar surface area (TPSA) is 43.4 Å². The molecule has 0 aromatic heterocycles. The zero-order valence-corrected chi connectivity index (χ0v) is 8.24. The van der Waals surface area contributed by atoms with E-state index in [1.165, 1.54) is 0 Å². The van der Waals surface area contributed by atoms with E-state index in [1.54, 1.807) is 31.2 Å². The third-order valence-corrected chi connectivity index (χ3v) is 1.77. The first-order valence-electron chi connectivity index (χ1n) is 4.43. The minimum atomic E-state index is -0.795. The summed E-state index contributed by atoms with van der Waals surface area (Å²) in [7, 11) is 0. The maximum atomic E-state index is 11.4. The molecule has 0 aliphatic heterocycles. The Morgan fingerprint density at radius 2 is 1.79 bits per heavy atom. The summed E-state index contributed by atoms with van der Waals surface area (Å²) < 4.78 is 4.60. The Hall–Kier alpha value is -1.64. The molecule has 0 bridgehead atoms. The van der Waals surface area contributed by atoms with Gasteiger partial charge >= 0.3 is 5.97 Å². The number of carbonyl (C=O) groups is 2. The summed E-state index contributed by atoms with van der Waals surface area (Å²) in [5.41, 5.74) is 1.42. The molecule has 74 valence electrons. The summed E-state index contributed by atoms with van der Waals surface area (Å²) in [6.07, 6.45) is 0. The van der Waals surface area contributed by atoms with Crippen molar-refractivity contribution >= 4 is 11.8 Å². The van der Waals surface area contributed by atoms with Crippen molar-refractivity contribution in [1.82, 2.24) is 0 Å². The van der Waals surface area contributed by atoms with E-state index in [4.69, 9.17) is 0 Å². The van der Waals surface area contributed by atoms with Gasteiger partial charge in [-0.1, -0.05) is 29.8 Å². The summed E-state index contributed by atoms with van der Waals surface area (Å²) in [5, 5.41) is 0. The van der Waals surface area contributed by atoms with Crippen LogP contribution in [0, 0.1) is 6.92 Å². The Labute approximate surface area is 82.7 Å². The molecule has 3 nitrogen and oxygen atoms in total. The third kappa shape index (κ3) is 2.42. The lowest BCUT2D eigenvalue weighted by Gasteiger charge is -2.00. The van der Waals surface area contributed by atoms with Crippen molar-refractivity contribution in [3.63, 3.8) is 0 Å². The predicted molar refractivity (Wildman–Crippen MR) is 52.1 cm³/mol. The van der Waals surface area contributed by atoms with Crippen LogP contribution >= 0.6 is 0 Å². The largest absolute Gasteiger partial charge is 0.460 e. The van der Waals surface area contributed by atoms with Crippen LogP contribution in [0.2, 0.25) is 0 Å². The highest BCUT2D eigenvalue weighted by molar-refractivity contribution is 6.40. The van der Waals surface area contributed by atoms with Crippen molar-refractivity contribution in [2.45, 2.75) is 13.8 Å². The van der Waals surface area contributed by atoms with E-state index < -0.39 is 11.8 Å². The minimum Gasteiger partial charge on any atom is -0.460 e. The van der Waals surface area contributed by atoms with Gasteiger partial charge < -0.3 is 4.74 Å². The molecule has 0 atom stereocenters. The molecule has 0 aliphatic rings. The Morgan fingerprint density at radius 3 is 2.29 bits per heavy atom. The summed E-state index contributed by atoms with van der Waals surface area (Å²) >= 11 is 0. The molecule has 1 aromatic rings. The number of Topliss-reactive ketones (excluding diaryl/α,β-unsaturated/α-hetero) is 1. The summed E-state index contributed by atoms with van der Waals surface area (Å²) in [6.45, 7) is 3.80. The van der Waals surface area contributed by atoms with E-state index in [0.717, 1.165) is 5.56 Å². The van der Waals surface area contributed by atoms with Crippen molar-refractivity contribution in [1.29, 1.82) is 0 Å². The van der Waals surface area contributed by atoms with Crippen molar-refractivity contribution in [2.75, 3.05) is 6.61 Å². The zero-order chi connectivity index (χ0) is 10.6. The molecule has 0 unspecified atom stereocenters. The average Bonchev–Trinajstić information content (AvgIpc) is 2.18. The zero-order valence-electron chi connectivity index (χ0n) is 8.24. The average molecular weight is 192 g/mol. The lowest BCUT2D eigenvalue weighted by atomic mass is 10.1. The number of ether oxygens (including phenoxy) is 1. The van der Waals surface area contributed by atoms with Crippen LogP contribution in [-0.2, 0) is 9.53 Å². The second-order valence-corrected chi connectivity index (χ2v) is 2.92. The van der Waals surface area contributed by atoms with Gasteiger partial charge in [-0.05, 0) is 13.8 Å². The van der Waals surface area contributed by atoms with Crippen LogP contribution in [0.3, 0.4) is 0 Å². The molecule has 1 rings (SSSR count). The van der Waals surface area contributed by atoms with E-state index in [-0.39, 0.29) is 6.61 Å². The quantitative estimate of drug-likeness (QED) is 0.416. The molecule has 0 spiro atoms. The maximum Gasteiger partial charge on any atom is 0.379 e. The second-order valence-electron chi connectivity index (χ2n) is 2.92. The van der Waals surface area contributed by atoms with Crippen LogP contribution in [0.4, 0.5) is 0 Å². The highest BCUT2D eigenvalue weighted by atomic mass is 16.5. The van der Waals surface area contributed by atoms with Gasteiger partial charge in [0.1, 0.15) is 0 Å². The Bertz CT molecular complexity index is 338. The Kier molecular flexibility index (Phi) is 3.40. The van der Waals surface area contributed by atoms with Gasteiger partial charge in [-0.3, -0.25) is 4.79 Å². The molecule has 3 heteroatoms. The number of benzene rings is 1. The van der Waals surface area contributed by atoms with Gasteiger partial charge in [0, 0.05) is 5.56 Å². The monoisotopic (exact) mass is 192 g/mol. The van der Waals surface area contributed by atoms with E-state index in [1.807, 2.05) is 6.92 Å². The van der Waals surface area contributed by atoms with Gasteiger partial charge in [0.2, 0.25) is 0 Å². The van der Waals surface area contributed by atoms with Gasteiger partial charge in [-0.2, -0.15) is 0 Å². The third-order valence-electron chi connectivity index (χ3n) is 1.77. The van der Waals surface area contributed by atoms with Crippen LogP contribution < -0.4 is 0 Å². The first kappa shape index (κ1) is 10.4. The molecule has 0 amide bonds. The summed E-state index contributed by atoms with van der Waals surface area (Å²) in [6, 6.07) is 6.81. The van der Waals surface area contributed by atoms with Crippen LogP contribution in [0.1, 0.15) is 22.8 Å². The molecule has 0 fully saturated rings. The lowest BCUT2D eigenvalue weighted by Crippen LogP contribution is -2.17. The Morgan fingerprint density at radius 1 is 1.21 bits per heavy atom. The van der Waals surface area contributed by atoms with Gasteiger partial charge in [0.05, 0.1) is 6.61 Å². The van der Waals surface area contributed by atoms with Gasteiger partial charge in [-0.25, -0.2) is 4.79 Å². The number of hydrogen-bond acceptors (Lipinski definition) is 3. The van der Waals surface area contributed by atoms with Crippen molar-refractivity contribution in [3.05, 3.63) is 35.4 Å². The van der Waals surface area contributed by atoms with Crippen LogP contribution in [0.5, 0.6) is 0 Å². The van der Waals surface area contributed by atoms with Crippen LogP contribution in [-0.4, -0.2) is 18.4 Å². The molecule has 0 aliphatic carbocycles. The fraction of sp³-hybridized carbons (Fsp3) is 0.273. The summed E-state index contributed by atoms with van der Waals surface area (Å²) in [4.78, 5) is 22.4.